The number of nitrogens with one attached hydrogen (secondary N) is 7. The number of fused-ring (bicyclic) bond motifs is 4. The number of carbonyl (C=O) groups is 13. The van der Waals surface area contributed by atoms with E-state index >= 15 is 0 Å². The predicted octanol–water partition coefficient (Wildman–Crippen LogP) is 7.90. The number of anilines is 4. The minimum absolute atomic E-state index is 0.00243. The van der Waals surface area contributed by atoms with Gasteiger partial charge in [-0.25, -0.2) is 14.5 Å². The molecule has 2 fully saturated rings. The van der Waals surface area contributed by atoms with Gasteiger partial charge in [0, 0.05) is 93.8 Å². The van der Waals surface area contributed by atoms with Gasteiger partial charge >= 0.3 is 12.2 Å². The van der Waals surface area contributed by atoms with E-state index in [4.69, 9.17) is 42.6 Å². The van der Waals surface area contributed by atoms with E-state index in [2.05, 4.69) is 50.4 Å². The second-order valence-corrected chi connectivity index (χ2v) is 33.3. The van der Waals surface area contributed by atoms with Crippen LogP contribution in [0.25, 0.3) is 0 Å². The van der Waals surface area contributed by atoms with Crippen LogP contribution in [0.4, 0.5) is 32.3 Å². The third-order valence-corrected chi connectivity index (χ3v) is 21.7. The Morgan fingerprint density at radius 2 is 1.03 bits per heavy atom. The first kappa shape index (κ1) is 95.9. The average molecular weight is 1720 g/mol. The lowest BCUT2D eigenvalue weighted by atomic mass is 9.98. The first-order valence-corrected chi connectivity index (χ1v) is 41.7. The van der Waals surface area contributed by atoms with E-state index in [1.165, 1.54) is 50.0 Å². The number of hydrogen-bond acceptors (Lipinski definition) is 23. The highest BCUT2D eigenvalue weighted by Gasteiger charge is 2.47. The van der Waals surface area contributed by atoms with Crippen LogP contribution in [0, 0.1) is 11.8 Å². The van der Waals surface area contributed by atoms with Gasteiger partial charge in [-0.2, -0.15) is 0 Å². The summed E-state index contributed by atoms with van der Waals surface area (Å²) in [7, 11) is 4.39. The maximum atomic E-state index is 14.5. The fourth-order valence-corrected chi connectivity index (χ4v) is 14.5. The number of ether oxygens (including phenoxy) is 9. The number of aliphatic hydroxyl groups excluding tert-OH is 1. The second kappa shape index (κ2) is 43.9. The molecule has 5 aliphatic rings. The molecule has 7 atom stereocenters. The second-order valence-electron chi connectivity index (χ2n) is 33.3. The zero-order chi connectivity index (χ0) is 90.4. The summed E-state index contributed by atoms with van der Waals surface area (Å²) in [5, 5.41) is 31.5. The molecule has 0 saturated carbocycles. The van der Waals surface area contributed by atoms with Crippen LogP contribution in [0.1, 0.15) is 165 Å². The van der Waals surface area contributed by atoms with Gasteiger partial charge in [0.1, 0.15) is 37.4 Å². The molecule has 35 heteroatoms. The maximum absolute atomic E-state index is 14.5. The van der Waals surface area contributed by atoms with Gasteiger partial charge in [-0.15, -0.1) is 0 Å². The van der Waals surface area contributed by atoms with E-state index in [1.54, 1.807) is 100 Å². The molecule has 0 radical (unpaired) electrons. The lowest BCUT2D eigenvalue weighted by Crippen LogP contribution is -2.53. The number of methoxy groups -OCH3 is 3. The molecule has 5 heterocycles. The first-order chi connectivity index (χ1) is 58.9. The van der Waals surface area contributed by atoms with Crippen molar-refractivity contribution < 1.29 is 110 Å². The summed E-state index contributed by atoms with van der Waals surface area (Å²) in [6.07, 6.45) is 1.88. The number of rotatable bonds is 43. The van der Waals surface area contributed by atoms with E-state index < -0.39 is 113 Å². The van der Waals surface area contributed by atoms with Crippen molar-refractivity contribution in [1.82, 2.24) is 41.3 Å². The van der Waals surface area contributed by atoms with Gasteiger partial charge in [-0.3, -0.25) is 62.5 Å². The van der Waals surface area contributed by atoms with Crippen molar-refractivity contribution >= 4 is 99.9 Å². The summed E-state index contributed by atoms with van der Waals surface area (Å²) in [4.78, 5) is 180. The van der Waals surface area contributed by atoms with Gasteiger partial charge in [0.15, 0.2) is 29.2 Å². The summed E-state index contributed by atoms with van der Waals surface area (Å²) in [5.41, 5.74) is 2.31. The molecule has 4 aromatic rings. The van der Waals surface area contributed by atoms with Gasteiger partial charge < -0.3 is 94.8 Å². The Kier molecular flexibility index (Phi) is 33.9. The molecule has 0 bridgehead atoms. The Balaban J connectivity index is 0.747. The predicted molar refractivity (Wildman–Crippen MR) is 457 cm³/mol. The highest BCUT2D eigenvalue weighted by atomic mass is 16.6. The van der Waals surface area contributed by atoms with Crippen molar-refractivity contribution in [2.24, 2.45) is 11.8 Å². The quantitative estimate of drug-likeness (QED) is 0.0118. The van der Waals surface area contributed by atoms with Crippen molar-refractivity contribution in [3.63, 3.8) is 0 Å². The summed E-state index contributed by atoms with van der Waals surface area (Å²) < 4.78 is 52.4. The van der Waals surface area contributed by atoms with E-state index in [9.17, 15) is 67.4 Å². The fraction of sp³-hybridized carbons (Fsp3) is 0.517. The number of carbonyl (C=O) groups excluding carboxylic acids is 13. The number of unbranched alkanes of at least 4 members (excludes halogenated alkanes) is 2. The van der Waals surface area contributed by atoms with E-state index in [-0.39, 0.29) is 166 Å². The van der Waals surface area contributed by atoms with Crippen LogP contribution in [0.2, 0.25) is 0 Å². The summed E-state index contributed by atoms with van der Waals surface area (Å²) in [6, 6.07) is 13.8. The average Bonchev–Trinajstić information content (AvgIpc) is 1.54. The van der Waals surface area contributed by atoms with Crippen LogP contribution < -0.4 is 66.0 Å². The molecule has 5 aliphatic heterocycles. The molecular weight excluding hydrogens is 1610 g/mol. The van der Waals surface area contributed by atoms with Crippen LogP contribution in [0.3, 0.4) is 0 Å². The van der Waals surface area contributed by atoms with Gasteiger partial charge in [0.25, 0.3) is 23.6 Å². The van der Waals surface area contributed by atoms with Crippen molar-refractivity contribution in [3.8, 4) is 23.0 Å². The van der Waals surface area contributed by atoms with Crippen LogP contribution in [0.5, 0.6) is 23.0 Å². The van der Waals surface area contributed by atoms with Gasteiger partial charge in [0.05, 0.1) is 94.0 Å². The van der Waals surface area contributed by atoms with Crippen LogP contribution in [-0.4, -0.2) is 238 Å². The highest BCUT2D eigenvalue weighted by Crippen LogP contribution is 2.44. The first-order valence-electron chi connectivity index (χ1n) is 41.7. The number of hydrogen-bond donors (Lipinski definition) is 8. The molecule has 8 N–H and O–H groups in total. The summed E-state index contributed by atoms with van der Waals surface area (Å²) in [5.74, 6) is -4.85. The van der Waals surface area contributed by atoms with Gasteiger partial charge in [-0.1, -0.05) is 76.3 Å². The molecule has 0 spiro atoms. The number of benzene rings is 4. The molecule has 0 aromatic heterocycles. The molecule has 2 saturated heterocycles. The summed E-state index contributed by atoms with van der Waals surface area (Å²) in [6.45, 7) is 27.0. The Morgan fingerprint density at radius 3 is 1.56 bits per heavy atom. The lowest BCUT2D eigenvalue weighted by Gasteiger charge is -2.31. The number of amides is 13. The van der Waals surface area contributed by atoms with E-state index in [0.717, 1.165) is 27.5 Å². The topological polar surface area (TPSA) is 426 Å². The third-order valence-electron chi connectivity index (χ3n) is 21.7. The Bertz CT molecular complexity index is 4610. The molecule has 124 heavy (non-hydrogen) atoms. The van der Waals surface area contributed by atoms with Gasteiger partial charge in [0.2, 0.25) is 41.4 Å². The molecule has 0 aliphatic carbocycles. The van der Waals surface area contributed by atoms with Crippen LogP contribution in [0.15, 0.2) is 109 Å². The van der Waals surface area contributed by atoms with Crippen molar-refractivity contribution in [1.29, 1.82) is 0 Å². The number of aliphatic hydroxyl groups is 1. The molecule has 35 nitrogen and oxygen atoms in total. The van der Waals surface area contributed by atoms with E-state index in [1.807, 2.05) is 27.7 Å². The van der Waals surface area contributed by atoms with Crippen molar-refractivity contribution in [2.45, 2.75) is 200 Å². The SMILES string of the molecule is C=C1CC2CN(C(=O)OCc3ccc(NC(=O)C(C)NC(=O)C(NC(=O)CCOCCOC)C(C)C)cc3)c3cc(OCCCCCOc4cc5c(cc4OC)C(=O)N4CC(=C)CC4C(O)N5C(=O)OCc4ccc(NC(=O)C(C)NC(=O)C(NC(=O)CCC(C)(C)OCCC(C)(C)NC(=O)CCN5C(=O)C=CC5=O)C(C)C)cc4)c(OC)cc3C(=O)N2C1. The monoisotopic (exact) mass is 1720 g/mol. The Hall–Kier alpha value is -12.0. The fourth-order valence-electron chi connectivity index (χ4n) is 14.5. The number of nitrogens with zero attached hydrogens (tertiary/aromatic N) is 5. The minimum atomic E-state index is -1.60. The molecular formula is C89H118N12O23. The van der Waals surface area contributed by atoms with E-state index in [0.29, 0.717) is 79.9 Å². The van der Waals surface area contributed by atoms with Crippen LogP contribution >= 0.6 is 0 Å². The molecule has 7 unspecified atom stereocenters. The highest BCUT2D eigenvalue weighted by molar-refractivity contribution is 6.13. The lowest BCUT2D eigenvalue weighted by molar-refractivity contribution is -0.137. The molecule has 13 amide bonds. The molecule has 9 rings (SSSR count). The van der Waals surface area contributed by atoms with Crippen LogP contribution in [-0.2, 0) is 80.0 Å². The van der Waals surface area contributed by atoms with Crippen molar-refractivity contribution in [2.75, 3.05) is 108 Å². The molecule has 4 aromatic carbocycles. The Labute approximate surface area is 722 Å². The minimum Gasteiger partial charge on any atom is -0.493 e. The standard InChI is InChI=1S/C89H118N12O23/c1-52(2)77(94-72(102)29-32-89(11,12)124-38-33-88(9,10)96-74(104)30-34-97-75(105)27-28-76(97)106)81(109)90-56(7)79(107)93-61-25-21-59(22-26-61)51-123-87(115)101-66-46-71(69(118-15)44-64(66)84(112)99-48-55(6)42-67(99)85(101)113)121-36-18-16-17-35-120-70-45-65-63(43-68(70)117-14)83(111)98-47-54(5)41-62(98)49-100(65)86(114)122-50-58-19-23-60(24-20-58)92-80(108)57(8)91-82(110)78(53(3)4)95-73(103)31-37-119-40-39-116-13/h19-28,43-46,52-53,56-57,62,67,77-78,85,113H,5-6,16-18,29-42,47-51H2,1-4,7-15H3,(H,90,109)(H,91,110)(H,92,108)(H,93,107)(H,94,102)(H,95,103)(H,96,104). The normalized spacial score (nSPS) is 17.2. The van der Waals surface area contributed by atoms with Crippen molar-refractivity contribution in [3.05, 3.63) is 132 Å². The maximum Gasteiger partial charge on any atom is 0.416 e. The Morgan fingerprint density at radius 1 is 0.532 bits per heavy atom. The zero-order valence-corrected chi connectivity index (χ0v) is 72.9. The smallest absolute Gasteiger partial charge is 0.416 e. The third kappa shape index (κ3) is 26.1. The largest absolute Gasteiger partial charge is 0.493 e. The summed E-state index contributed by atoms with van der Waals surface area (Å²) >= 11 is 0. The number of imide groups is 1. The van der Waals surface area contributed by atoms with Gasteiger partial charge in [-0.05, 0) is 146 Å². The molecule has 672 valence electrons. The zero-order valence-electron chi connectivity index (χ0n) is 72.9.